The topological polar surface area (TPSA) is 84.7 Å². The van der Waals surface area contributed by atoms with Gasteiger partial charge in [-0.1, -0.05) is 0 Å². The monoisotopic (exact) mass is 281 g/mol. The van der Waals surface area contributed by atoms with Crippen LogP contribution in [-0.2, 0) is 9.53 Å². The standard InChI is InChI=1S/C13H19N3O4/c1-9(2)16-4-3-11(14-16)13(19)15-5-6-20-8-10(15)7-12(17)18/h3-4,9-10H,5-8H2,1-2H3,(H,17,18). The zero-order valence-corrected chi connectivity index (χ0v) is 11.7. The highest BCUT2D eigenvalue weighted by molar-refractivity contribution is 5.92. The van der Waals surface area contributed by atoms with Crippen molar-refractivity contribution >= 4 is 11.9 Å². The number of hydrogen-bond donors (Lipinski definition) is 1. The lowest BCUT2D eigenvalue weighted by molar-refractivity contribution is -0.139. The van der Waals surface area contributed by atoms with E-state index >= 15 is 0 Å². The smallest absolute Gasteiger partial charge is 0.305 e. The van der Waals surface area contributed by atoms with Gasteiger partial charge in [0.05, 0.1) is 25.7 Å². The van der Waals surface area contributed by atoms with Gasteiger partial charge in [0, 0.05) is 18.8 Å². The molecule has 0 spiro atoms. The Morgan fingerprint density at radius 2 is 2.30 bits per heavy atom. The Bertz CT molecular complexity index is 498. The highest BCUT2D eigenvalue weighted by Gasteiger charge is 2.30. The quantitative estimate of drug-likeness (QED) is 0.881. The van der Waals surface area contributed by atoms with Gasteiger partial charge in [-0.25, -0.2) is 0 Å². The Morgan fingerprint density at radius 1 is 1.55 bits per heavy atom. The van der Waals surface area contributed by atoms with Crippen LogP contribution in [0.25, 0.3) is 0 Å². The summed E-state index contributed by atoms with van der Waals surface area (Å²) < 4.78 is 6.97. The van der Waals surface area contributed by atoms with Crippen LogP contribution in [0.4, 0.5) is 0 Å². The first kappa shape index (κ1) is 14.5. The Morgan fingerprint density at radius 3 is 2.90 bits per heavy atom. The minimum absolute atomic E-state index is 0.114. The van der Waals surface area contributed by atoms with Gasteiger partial charge in [-0.05, 0) is 19.9 Å². The highest BCUT2D eigenvalue weighted by Crippen LogP contribution is 2.15. The number of carbonyl (C=O) groups is 2. The second-order valence-electron chi connectivity index (χ2n) is 5.10. The van der Waals surface area contributed by atoms with E-state index in [0.717, 1.165) is 0 Å². The number of carboxylic acids is 1. The molecule has 1 atom stereocenters. The number of hydrogen-bond acceptors (Lipinski definition) is 4. The van der Waals surface area contributed by atoms with Gasteiger partial charge < -0.3 is 14.7 Å². The Labute approximate surface area is 117 Å². The molecule has 2 rings (SSSR count). The van der Waals surface area contributed by atoms with E-state index in [1.807, 2.05) is 13.8 Å². The van der Waals surface area contributed by atoms with Crippen molar-refractivity contribution in [2.45, 2.75) is 32.4 Å². The van der Waals surface area contributed by atoms with E-state index in [4.69, 9.17) is 9.84 Å². The molecular formula is C13H19N3O4. The zero-order valence-electron chi connectivity index (χ0n) is 11.7. The lowest BCUT2D eigenvalue weighted by Crippen LogP contribution is -2.49. The van der Waals surface area contributed by atoms with Gasteiger partial charge in [0.1, 0.15) is 5.69 Å². The first-order chi connectivity index (χ1) is 9.49. The van der Waals surface area contributed by atoms with Gasteiger partial charge in [0.25, 0.3) is 5.91 Å². The molecule has 0 aliphatic carbocycles. The third-order valence-corrected chi connectivity index (χ3v) is 3.26. The summed E-state index contributed by atoms with van der Waals surface area (Å²) in [6, 6.07) is 1.41. The van der Waals surface area contributed by atoms with E-state index in [1.54, 1.807) is 21.8 Å². The molecule has 7 nitrogen and oxygen atoms in total. The molecule has 20 heavy (non-hydrogen) atoms. The molecule has 1 aliphatic heterocycles. The molecule has 0 bridgehead atoms. The normalized spacial score (nSPS) is 19.4. The second-order valence-corrected chi connectivity index (χ2v) is 5.10. The number of morpholine rings is 1. The predicted octanol–water partition coefficient (Wildman–Crippen LogP) is 0.780. The number of aromatic nitrogens is 2. The maximum atomic E-state index is 12.4. The molecule has 2 heterocycles. The van der Waals surface area contributed by atoms with E-state index in [2.05, 4.69) is 5.10 Å². The van der Waals surface area contributed by atoms with Gasteiger partial charge in [-0.15, -0.1) is 0 Å². The largest absolute Gasteiger partial charge is 0.481 e. The van der Waals surface area contributed by atoms with Gasteiger partial charge in [0.2, 0.25) is 0 Å². The number of ether oxygens (including phenoxy) is 1. The van der Waals surface area contributed by atoms with Gasteiger partial charge in [-0.2, -0.15) is 5.10 Å². The first-order valence-electron chi connectivity index (χ1n) is 6.64. The fourth-order valence-electron chi connectivity index (χ4n) is 2.18. The van der Waals surface area contributed by atoms with E-state index in [9.17, 15) is 9.59 Å². The molecule has 110 valence electrons. The number of nitrogens with zero attached hydrogens (tertiary/aromatic N) is 3. The average molecular weight is 281 g/mol. The summed E-state index contributed by atoms with van der Waals surface area (Å²) in [5.74, 6) is -1.18. The fourth-order valence-corrected chi connectivity index (χ4v) is 2.18. The predicted molar refractivity (Wildman–Crippen MR) is 70.5 cm³/mol. The molecule has 1 saturated heterocycles. The minimum atomic E-state index is -0.939. The number of aliphatic carboxylic acids is 1. The van der Waals surface area contributed by atoms with Crippen molar-refractivity contribution in [3.63, 3.8) is 0 Å². The molecule has 1 aromatic rings. The SMILES string of the molecule is CC(C)n1ccc(C(=O)N2CCOCC2CC(=O)O)n1. The van der Waals surface area contributed by atoms with Crippen LogP contribution in [0, 0.1) is 0 Å². The Hall–Kier alpha value is -1.89. The van der Waals surface area contributed by atoms with Crippen LogP contribution >= 0.6 is 0 Å². The molecule has 7 heteroatoms. The minimum Gasteiger partial charge on any atom is -0.481 e. The van der Waals surface area contributed by atoms with Crippen LogP contribution in [0.2, 0.25) is 0 Å². The van der Waals surface area contributed by atoms with Crippen molar-refractivity contribution in [3.05, 3.63) is 18.0 Å². The zero-order chi connectivity index (χ0) is 14.7. The molecule has 1 unspecified atom stereocenters. The molecule has 1 aliphatic rings. The molecule has 1 fully saturated rings. The van der Waals surface area contributed by atoms with Crippen LogP contribution in [0.15, 0.2) is 12.3 Å². The summed E-state index contributed by atoms with van der Waals surface area (Å²) >= 11 is 0. The number of rotatable bonds is 4. The first-order valence-corrected chi connectivity index (χ1v) is 6.64. The van der Waals surface area contributed by atoms with Crippen molar-refractivity contribution in [1.29, 1.82) is 0 Å². The summed E-state index contributed by atoms with van der Waals surface area (Å²) in [5, 5.41) is 13.1. The maximum Gasteiger partial charge on any atom is 0.305 e. The van der Waals surface area contributed by atoms with Crippen molar-refractivity contribution in [1.82, 2.24) is 14.7 Å². The molecule has 1 aromatic heterocycles. The maximum absolute atomic E-state index is 12.4. The molecule has 0 saturated carbocycles. The third-order valence-electron chi connectivity index (χ3n) is 3.26. The third kappa shape index (κ3) is 3.16. The van der Waals surface area contributed by atoms with E-state index in [0.29, 0.717) is 18.8 Å². The summed E-state index contributed by atoms with van der Waals surface area (Å²) in [5.41, 5.74) is 0.344. The van der Waals surface area contributed by atoms with Crippen molar-refractivity contribution in [3.8, 4) is 0 Å². The van der Waals surface area contributed by atoms with Crippen LogP contribution < -0.4 is 0 Å². The van der Waals surface area contributed by atoms with Gasteiger partial charge >= 0.3 is 5.97 Å². The van der Waals surface area contributed by atoms with Crippen molar-refractivity contribution in [2.24, 2.45) is 0 Å². The molecule has 0 radical (unpaired) electrons. The molecule has 0 aromatic carbocycles. The summed E-state index contributed by atoms with van der Waals surface area (Å²) in [6.45, 7) is 5.02. The van der Waals surface area contributed by atoms with Crippen LogP contribution in [0.5, 0.6) is 0 Å². The van der Waals surface area contributed by atoms with Crippen LogP contribution in [0.1, 0.15) is 36.8 Å². The summed E-state index contributed by atoms with van der Waals surface area (Å²) in [7, 11) is 0. The summed E-state index contributed by atoms with van der Waals surface area (Å²) in [6.07, 6.45) is 1.64. The van der Waals surface area contributed by atoms with E-state index in [1.165, 1.54) is 0 Å². The molecule has 1 N–H and O–H groups in total. The lowest BCUT2D eigenvalue weighted by atomic mass is 10.1. The Balaban J connectivity index is 2.13. The molecule has 1 amide bonds. The number of amides is 1. The lowest BCUT2D eigenvalue weighted by Gasteiger charge is -2.34. The molecular weight excluding hydrogens is 262 g/mol. The fraction of sp³-hybridized carbons (Fsp3) is 0.615. The average Bonchev–Trinajstić information content (AvgIpc) is 2.87. The second kappa shape index (κ2) is 6.04. The van der Waals surface area contributed by atoms with Gasteiger partial charge in [-0.3, -0.25) is 14.3 Å². The number of carbonyl (C=O) groups excluding carboxylic acids is 1. The Kier molecular flexibility index (Phi) is 4.39. The van der Waals surface area contributed by atoms with Crippen LogP contribution in [-0.4, -0.2) is 57.5 Å². The van der Waals surface area contributed by atoms with E-state index < -0.39 is 12.0 Å². The van der Waals surface area contributed by atoms with E-state index in [-0.39, 0.29) is 25.0 Å². The summed E-state index contributed by atoms with van der Waals surface area (Å²) in [4.78, 5) is 24.8. The van der Waals surface area contributed by atoms with Crippen LogP contribution in [0.3, 0.4) is 0 Å². The van der Waals surface area contributed by atoms with Crippen molar-refractivity contribution in [2.75, 3.05) is 19.8 Å². The van der Waals surface area contributed by atoms with Crippen molar-refractivity contribution < 1.29 is 19.4 Å². The number of carboxylic acid groups (broad SMARTS) is 1. The van der Waals surface area contributed by atoms with Gasteiger partial charge in [0.15, 0.2) is 0 Å². The highest BCUT2D eigenvalue weighted by atomic mass is 16.5.